The number of nitrogens with zero attached hydrogens (tertiary/aromatic N) is 3. The molecule has 3 aromatic rings. The van der Waals surface area contributed by atoms with Crippen molar-refractivity contribution in [3.8, 4) is 5.75 Å². The van der Waals surface area contributed by atoms with Gasteiger partial charge in [0.15, 0.2) is 0 Å². The number of benzene rings is 3. The maximum atomic E-state index is 13.6. The molecule has 3 heterocycles. The summed E-state index contributed by atoms with van der Waals surface area (Å²) in [5.41, 5.74) is 4.37. The fourth-order valence-corrected chi connectivity index (χ4v) is 8.97. The SMILES string of the molecule is COC(=O)N[C@H](C(=O)N1CCC[C@H]1C(=O)Nc1ccc([C@H]2CC[C@H](c3ccc(NC(=O)[C@@H]4CCCN4C(=O)[C@@H](NC(=O)OC)C(C)C)cc3)N2c2ccc(OC)cc2)cc1)C(C)C. The van der Waals surface area contributed by atoms with E-state index in [0.29, 0.717) is 50.1 Å². The lowest BCUT2D eigenvalue weighted by Gasteiger charge is -2.33. The van der Waals surface area contributed by atoms with Crippen LogP contribution in [0.3, 0.4) is 0 Å². The second kappa shape index (κ2) is 20.7. The van der Waals surface area contributed by atoms with Gasteiger partial charge < -0.3 is 50.2 Å². The Morgan fingerprint density at radius 1 is 0.556 bits per heavy atom. The van der Waals surface area contributed by atoms with Crippen LogP contribution >= 0.6 is 0 Å². The average molecular weight is 868 g/mol. The van der Waals surface area contributed by atoms with Crippen LogP contribution < -0.4 is 30.9 Å². The molecular formula is C47H61N7O9. The smallest absolute Gasteiger partial charge is 0.407 e. The van der Waals surface area contributed by atoms with E-state index in [1.807, 2.05) is 100 Å². The molecule has 6 atom stereocenters. The molecule has 3 aliphatic rings. The Hall–Kier alpha value is -6.32. The topological polar surface area (TPSA) is 188 Å². The number of anilines is 3. The predicted molar refractivity (Wildman–Crippen MR) is 238 cm³/mol. The van der Waals surface area contributed by atoms with E-state index in [9.17, 15) is 28.8 Å². The highest BCUT2D eigenvalue weighted by Crippen LogP contribution is 2.47. The van der Waals surface area contributed by atoms with Crippen LogP contribution in [0.2, 0.25) is 0 Å². The predicted octanol–water partition coefficient (Wildman–Crippen LogP) is 6.40. The molecule has 3 fully saturated rings. The molecule has 0 bridgehead atoms. The highest BCUT2D eigenvalue weighted by atomic mass is 16.5. The van der Waals surface area contributed by atoms with Gasteiger partial charge in [0.1, 0.15) is 29.9 Å². The van der Waals surface area contributed by atoms with Crippen LogP contribution in [0, 0.1) is 11.8 Å². The van der Waals surface area contributed by atoms with E-state index in [4.69, 9.17) is 14.2 Å². The molecule has 6 amide bonds. The molecule has 0 spiro atoms. The number of nitrogens with one attached hydrogen (secondary N) is 4. The maximum Gasteiger partial charge on any atom is 0.407 e. The van der Waals surface area contributed by atoms with E-state index in [-0.39, 0.29) is 47.5 Å². The third kappa shape index (κ3) is 10.7. The Labute approximate surface area is 369 Å². The zero-order valence-electron chi connectivity index (χ0n) is 37.2. The van der Waals surface area contributed by atoms with Crippen LogP contribution in [0.25, 0.3) is 0 Å². The normalized spacial score (nSPS) is 20.6. The molecule has 0 aliphatic carbocycles. The summed E-state index contributed by atoms with van der Waals surface area (Å²) in [4.78, 5) is 83.8. The monoisotopic (exact) mass is 867 g/mol. The lowest BCUT2D eigenvalue weighted by atomic mass is 10.0. The van der Waals surface area contributed by atoms with Crippen LogP contribution in [-0.4, -0.2) is 104 Å². The number of hydrogen-bond acceptors (Lipinski definition) is 10. The Bertz CT molecular complexity index is 1970. The summed E-state index contributed by atoms with van der Waals surface area (Å²) in [6.07, 6.45) is 2.69. The Morgan fingerprint density at radius 3 is 1.30 bits per heavy atom. The molecular weight excluding hydrogens is 807 g/mol. The lowest BCUT2D eigenvalue weighted by Crippen LogP contribution is -2.54. The summed E-state index contributed by atoms with van der Waals surface area (Å²) in [7, 11) is 4.13. The summed E-state index contributed by atoms with van der Waals surface area (Å²) in [5, 5.41) is 11.3. The van der Waals surface area contributed by atoms with E-state index < -0.39 is 36.4 Å². The van der Waals surface area contributed by atoms with Gasteiger partial charge in [-0.2, -0.15) is 0 Å². The van der Waals surface area contributed by atoms with Crippen molar-refractivity contribution in [3.05, 3.63) is 83.9 Å². The molecule has 0 aromatic heterocycles. The van der Waals surface area contributed by atoms with Gasteiger partial charge in [0.25, 0.3) is 0 Å². The fourth-order valence-electron chi connectivity index (χ4n) is 8.97. The third-order valence-electron chi connectivity index (χ3n) is 12.3. The molecule has 0 radical (unpaired) electrons. The van der Waals surface area contributed by atoms with Gasteiger partial charge in [-0.1, -0.05) is 52.0 Å². The minimum atomic E-state index is -0.817. The van der Waals surface area contributed by atoms with E-state index in [1.54, 1.807) is 16.9 Å². The molecule has 338 valence electrons. The molecule has 0 saturated carbocycles. The second-order valence-corrected chi connectivity index (χ2v) is 17.0. The highest BCUT2D eigenvalue weighted by Gasteiger charge is 2.41. The molecule has 0 unspecified atom stereocenters. The first-order valence-electron chi connectivity index (χ1n) is 21.8. The van der Waals surface area contributed by atoms with E-state index in [0.717, 1.165) is 35.4 Å². The van der Waals surface area contributed by atoms with E-state index >= 15 is 0 Å². The quantitative estimate of drug-likeness (QED) is 0.141. The summed E-state index contributed by atoms with van der Waals surface area (Å²) < 4.78 is 14.9. The van der Waals surface area contributed by atoms with Gasteiger partial charge in [-0.3, -0.25) is 19.2 Å². The van der Waals surface area contributed by atoms with Crippen LogP contribution in [0.15, 0.2) is 72.8 Å². The largest absolute Gasteiger partial charge is 0.497 e. The number of amides is 6. The van der Waals surface area contributed by atoms with Crippen molar-refractivity contribution in [2.24, 2.45) is 11.8 Å². The van der Waals surface area contributed by atoms with Gasteiger partial charge in [0.2, 0.25) is 23.6 Å². The lowest BCUT2D eigenvalue weighted by molar-refractivity contribution is -0.139. The average Bonchev–Trinajstić information content (AvgIpc) is 4.08. The van der Waals surface area contributed by atoms with Crippen molar-refractivity contribution in [3.63, 3.8) is 0 Å². The first-order chi connectivity index (χ1) is 30.2. The van der Waals surface area contributed by atoms with E-state index in [1.165, 1.54) is 14.2 Å². The zero-order chi connectivity index (χ0) is 45.4. The van der Waals surface area contributed by atoms with Crippen molar-refractivity contribution < 1.29 is 43.0 Å². The van der Waals surface area contributed by atoms with Gasteiger partial charge in [-0.05, 0) is 110 Å². The van der Waals surface area contributed by atoms with Gasteiger partial charge in [-0.25, -0.2) is 9.59 Å². The number of ether oxygens (including phenoxy) is 3. The fraction of sp³-hybridized carbons (Fsp3) is 0.489. The van der Waals surface area contributed by atoms with Gasteiger partial charge >= 0.3 is 12.2 Å². The van der Waals surface area contributed by atoms with Crippen molar-refractivity contribution >= 4 is 52.9 Å². The Kier molecular flexibility index (Phi) is 15.2. The van der Waals surface area contributed by atoms with Crippen LogP contribution in [-0.2, 0) is 28.7 Å². The third-order valence-corrected chi connectivity index (χ3v) is 12.3. The van der Waals surface area contributed by atoms with Crippen LogP contribution in [0.1, 0.15) is 89.4 Å². The van der Waals surface area contributed by atoms with Gasteiger partial charge in [-0.15, -0.1) is 0 Å². The standard InChI is InChI=1S/C47H61N7O9/c1-28(2)40(50-46(59)62-6)44(57)52-26-8-10-38(52)42(55)48-32-16-12-30(13-17-32)36-24-25-37(54(36)34-20-22-35(61-5)23-21-34)31-14-18-33(19-15-31)49-43(56)39-11-9-27-53(39)45(58)41(29(3)4)51-47(60)63-7/h12-23,28-29,36-41H,8-11,24-27H2,1-7H3,(H,48,55)(H,49,56)(H,50,59)(H,51,60)/t36-,37-,38+,39+,40+,41+/m1/s1. The molecule has 16 nitrogen and oxygen atoms in total. The summed E-state index contributed by atoms with van der Waals surface area (Å²) >= 11 is 0. The number of alkyl carbamates (subject to hydrolysis) is 2. The Balaban J connectivity index is 1.14. The molecule has 3 aliphatic heterocycles. The highest BCUT2D eigenvalue weighted by molar-refractivity contribution is 5.99. The zero-order valence-corrected chi connectivity index (χ0v) is 37.2. The first kappa shape index (κ1) is 46.2. The Morgan fingerprint density at radius 2 is 0.952 bits per heavy atom. The molecule has 63 heavy (non-hydrogen) atoms. The number of hydrogen-bond donors (Lipinski definition) is 4. The molecule has 3 saturated heterocycles. The molecule has 6 rings (SSSR count). The summed E-state index contributed by atoms with van der Waals surface area (Å²) in [6.45, 7) is 8.18. The van der Waals surface area contributed by atoms with Crippen molar-refractivity contribution in [1.82, 2.24) is 20.4 Å². The second-order valence-electron chi connectivity index (χ2n) is 17.0. The minimum absolute atomic E-state index is 0.0000255. The number of carbonyl (C=O) groups is 6. The number of rotatable bonds is 14. The summed E-state index contributed by atoms with van der Waals surface area (Å²) in [6, 6.07) is 20.7. The van der Waals surface area contributed by atoms with Crippen molar-refractivity contribution in [2.75, 3.05) is 50.0 Å². The summed E-state index contributed by atoms with van der Waals surface area (Å²) in [5.74, 6) is -0.848. The first-order valence-corrected chi connectivity index (χ1v) is 21.8. The van der Waals surface area contributed by atoms with Gasteiger partial charge in [0, 0.05) is 30.2 Å². The number of methoxy groups -OCH3 is 3. The minimum Gasteiger partial charge on any atom is -0.497 e. The van der Waals surface area contributed by atoms with Gasteiger partial charge in [0.05, 0.1) is 33.4 Å². The number of likely N-dealkylation sites (tertiary alicyclic amines) is 2. The molecule has 3 aromatic carbocycles. The van der Waals surface area contributed by atoms with E-state index in [2.05, 4.69) is 26.2 Å². The van der Waals surface area contributed by atoms with Crippen LogP contribution in [0.4, 0.5) is 26.7 Å². The maximum absolute atomic E-state index is 13.6. The van der Waals surface area contributed by atoms with Crippen molar-refractivity contribution in [2.45, 2.75) is 102 Å². The molecule has 16 heteroatoms. The number of carbonyl (C=O) groups excluding carboxylic acids is 6. The van der Waals surface area contributed by atoms with Crippen LogP contribution in [0.5, 0.6) is 5.75 Å². The van der Waals surface area contributed by atoms with Crippen molar-refractivity contribution in [1.29, 1.82) is 0 Å². The molecule has 4 N–H and O–H groups in total.